The van der Waals surface area contributed by atoms with E-state index in [4.69, 9.17) is 0 Å². The Bertz CT molecular complexity index is 121. The molecule has 1 heterocycles. The van der Waals surface area contributed by atoms with Crippen molar-refractivity contribution in [3.05, 3.63) is 0 Å². The molecule has 1 fully saturated rings. The molecule has 1 saturated heterocycles. The van der Waals surface area contributed by atoms with E-state index in [2.05, 4.69) is 10.6 Å². The zero-order chi connectivity index (χ0) is 8.32. The van der Waals surface area contributed by atoms with E-state index in [0.29, 0.717) is 12.6 Å². The Morgan fingerprint density at radius 2 is 2.27 bits per heavy atom. The first-order chi connectivity index (χ1) is 5.14. The molecule has 1 aliphatic rings. The Labute approximate surface area is 68.2 Å². The second kappa shape index (κ2) is 3.52. The van der Waals surface area contributed by atoms with Crippen LogP contribution in [-0.2, 0) is 0 Å². The molecule has 0 aliphatic carbocycles. The third-order valence-corrected chi connectivity index (χ3v) is 2.31. The monoisotopic (exact) mass is 158 g/mol. The highest BCUT2D eigenvalue weighted by Crippen LogP contribution is 2.06. The minimum atomic E-state index is -0.532. The minimum absolute atomic E-state index is 0.532. The number of hydrogen-bond donors (Lipinski definition) is 3. The molecular formula is C8H18N2O. The Morgan fingerprint density at radius 3 is 2.64 bits per heavy atom. The van der Waals surface area contributed by atoms with Gasteiger partial charge in [0.1, 0.15) is 0 Å². The van der Waals surface area contributed by atoms with Crippen molar-refractivity contribution < 1.29 is 5.11 Å². The van der Waals surface area contributed by atoms with E-state index in [9.17, 15) is 5.11 Å². The first kappa shape index (κ1) is 8.97. The van der Waals surface area contributed by atoms with Gasteiger partial charge in [-0.3, -0.25) is 0 Å². The predicted octanol–water partition coefficient (Wildman–Crippen LogP) is -0.291. The molecule has 0 aromatic carbocycles. The molecule has 0 radical (unpaired) electrons. The molecule has 0 aromatic heterocycles. The van der Waals surface area contributed by atoms with Gasteiger partial charge in [-0.05, 0) is 13.3 Å². The zero-order valence-corrected chi connectivity index (χ0v) is 7.35. The lowest BCUT2D eigenvalue weighted by Crippen LogP contribution is -2.58. The second-order valence-electron chi connectivity index (χ2n) is 3.59. The molecule has 3 heteroatoms. The summed E-state index contributed by atoms with van der Waals surface area (Å²) >= 11 is 0. The van der Waals surface area contributed by atoms with Gasteiger partial charge < -0.3 is 15.7 Å². The van der Waals surface area contributed by atoms with Gasteiger partial charge in [-0.1, -0.05) is 6.92 Å². The lowest BCUT2D eigenvalue weighted by atomic mass is 10.0. The van der Waals surface area contributed by atoms with Gasteiger partial charge in [-0.2, -0.15) is 0 Å². The Hall–Kier alpha value is -0.120. The fourth-order valence-electron chi connectivity index (χ4n) is 0.922. The molecule has 0 aromatic rings. The minimum Gasteiger partial charge on any atom is -0.389 e. The van der Waals surface area contributed by atoms with Crippen LogP contribution in [0, 0.1) is 0 Å². The van der Waals surface area contributed by atoms with E-state index >= 15 is 0 Å². The summed E-state index contributed by atoms with van der Waals surface area (Å²) in [6, 6.07) is 0.577. The normalized spacial score (nSPS) is 24.3. The second-order valence-corrected chi connectivity index (χ2v) is 3.59. The van der Waals surface area contributed by atoms with Crippen molar-refractivity contribution in [2.45, 2.75) is 31.9 Å². The highest BCUT2D eigenvalue weighted by molar-refractivity contribution is 4.84. The summed E-state index contributed by atoms with van der Waals surface area (Å²) in [6.45, 7) is 6.65. The summed E-state index contributed by atoms with van der Waals surface area (Å²) < 4.78 is 0. The fraction of sp³-hybridized carbons (Fsp3) is 1.00. The fourth-order valence-corrected chi connectivity index (χ4v) is 0.922. The number of aliphatic hydroxyl groups is 1. The van der Waals surface area contributed by atoms with Crippen LogP contribution in [0.1, 0.15) is 20.3 Å². The summed E-state index contributed by atoms with van der Waals surface area (Å²) in [4.78, 5) is 0. The summed E-state index contributed by atoms with van der Waals surface area (Å²) in [6.07, 6.45) is 0.806. The average molecular weight is 158 g/mol. The average Bonchev–Trinajstić information content (AvgIpc) is 1.84. The highest BCUT2D eigenvalue weighted by atomic mass is 16.3. The van der Waals surface area contributed by atoms with E-state index in [1.54, 1.807) is 0 Å². The van der Waals surface area contributed by atoms with Crippen LogP contribution in [0.25, 0.3) is 0 Å². The summed E-state index contributed by atoms with van der Waals surface area (Å²) in [7, 11) is 0. The van der Waals surface area contributed by atoms with Crippen LogP contribution in [0.2, 0.25) is 0 Å². The van der Waals surface area contributed by atoms with Gasteiger partial charge in [0.25, 0.3) is 0 Å². The SMILES string of the molecule is CCC(C)(O)CNC1CNC1. The van der Waals surface area contributed by atoms with Gasteiger partial charge in [-0.25, -0.2) is 0 Å². The summed E-state index contributed by atoms with van der Waals surface area (Å²) in [5.41, 5.74) is -0.532. The molecule has 11 heavy (non-hydrogen) atoms. The molecule has 1 unspecified atom stereocenters. The zero-order valence-electron chi connectivity index (χ0n) is 7.35. The Morgan fingerprint density at radius 1 is 1.64 bits per heavy atom. The van der Waals surface area contributed by atoms with Crippen LogP contribution in [0.4, 0.5) is 0 Å². The molecule has 0 amide bonds. The molecule has 3 N–H and O–H groups in total. The van der Waals surface area contributed by atoms with Gasteiger partial charge in [-0.15, -0.1) is 0 Å². The number of rotatable bonds is 4. The first-order valence-corrected chi connectivity index (χ1v) is 4.30. The molecule has 1 rings (SSSR count). The van der Waals surface area contributed by atoms with Gasteiger partial charge in [0.2, 0.25) is 0 Å². The van der Waals surface area contributed by atoms with E-state index in [1.165, 1.54) is 0 Å². The maximum absolute atomic E-state index is 9.61. The standard InChI is InChI=1S/C8H18N2O/c1-3-8(2,11)6-10-7-4-9-5-7/h7,9-11H,3-6H2,1-2H3. The maximum atomic E-state index is 9.61. The topological polar surface area (TPSA) is 44.3 Å². The molecule has 66 valence electrons. The Balaban J connectivity index is 2.09. The van der Waals surface area contributed by atoms with Crippen LogP contribution >= 0.6 is 0 Å². The van der Waals surface area contributed by atoms with Crippen molar-refractivity contribution in [1.29, 1.82) is 0 Å². The lowest BCUT2D eigenvalue weighted by Gasteiger charge is -2.31. The van der Waals surface area contributed by atoms with Gasteiger partial charge in [0, 0.05) is 25.7 Å². The first-order valence-electron chi connectivity index (χ1n) is 4.30. The largest absolute Gasteiger partial charge is 0.389 e. The van der Waals surface area contributed by atoms with Crippen LogP contribution in [-0.4, -0.2) is 36.4 Å². The maximum Gasteiger partial charge on any atom is 0.0741 e. The van der Waals surface area contributed by atoms with Crippen molar-refractivity contribution in [3.8, 4) is 0 Å². The van der Waals surface area contributed by atoms with Gasteiger partial charge >= 0.3 is 0 Å². The van der Waals surface area contributed by atoms with Crippen LogP contribution in [0.15, 0.2) is 0 Å². The molecule has 3 nitrogen and oxygen atoms in total. The van der Waals surface area contributed by atoms with E-state index in [0.717, 1.165) is 19.5 Å². The highest BCUT2D eigenvalue weighted by Gasteiger charge is 2.21. The molecule has 1 atom stereocenters. The third-order valence-electron chi connectivity index (χ3n) is 2.31. The number of nitrogens with one attached hydrogen (secondary N) is 2. The number of hydrogen-bond acceptors (Lipinski definition) is 3. The van der Waals surface area contributed by atoms with E-state index in [1.807, 2.05) is 13.8 Å². The van der Waals surface area contributed by atoms with E-state index < -0.39 is 5.60 Å². The third kappa shape index (κ3) is 2.77. The molecular weight excluding hydrogens is 140 g/mol. The molecule has 0 spiro atoms. The van der Waals surface area contributed by atoms with Crippen LogP contribution in [0.3, 0.4) is 0 Å². The summed E-state index contributed by atoms with van der Waals surface area (Å²) in [5.74, 6) is 0. The quantitative estimate of drug-likeness (QED) is 0.527. The molecule has 0 bridgehead atoms. The van der Waals surface area contributed by atoms with Crippen molar-refractivity contribution in [3.63, 3.8) is 0 Å². The van der Waals surface area contributed by atoms with Crippen molar-refractivity contribution in [2.75, 3.05) is 19.6 Å². The predicted molar refractivity (Wildman–Crippen MR) is 45.6 cm³/mol. The molecule has 0 saturated carbocycles. The summed E-state index contributed by atoms with van der Waals surface area (Å²) in [5, 5.41) is 16.1. The lowest BCUT2D eigenvalue weighted by molar-refractivity contribution is 0.0507. The molecule has 1 aliphatic heterocycles. The smallest absolute Gasteiger partial charge is 0.0741 e. The van der Waals surface area contributed by atoms with Gasteiger partial charge in [0.05, 0.1) is 5.60 Å². The van der Waals surface area contributed by atoms with E-state index in [-0.39, 0.29) is 0 Å². The van der Waals surface area contributed by atoms with Crippen molar-refractivity contribution >= 4 is 0 Å². The van der Waals surface area contributed by atoms with Crippen molar-refractivity contribution in [2.24, 2.45) is 0 Å². The Kier molecular flexibility index (Phi) is 2.87. The van der Waals surface area contributed by atoms with Gasteiger partial charge in [0.15, 0.2) is 0 Å². The van der Waals surface area contributed by atoms with Crippen LogP contribution < -0.4 is 10.6 Å². The van der Waals surface area contributed by atoms with Crippen molar-refractivity contribution in [1.82, 2.24) is 10.6 Å². The van der Waals surface area contributed by atoms with Crippen LogP contribution in [0.5, 0.6) is 0 Å².